The molecule has 0 atom stereocenters. The SMILES string of the molecule is Cc1c(CNC(=O)Nc2cc(C(F)(F)F)cc(C(F)(F)F)c2)c(C)c(CNC(=O)Nc2cc(C(F)(F)F)cc(C(F)(F)F)c2)c(C)c1CNC(=O)Nc1cc(C(F)(F)F)cc(C(F)(F)F)c1. The second-order valence-corrected chi connectivity index (χ2v) is 14.1. The first-order valence-corrected chi connectivity index (χ1v) is 18.1. The Morgan fingerprint density at radius 2 is 0.500 bits per heavy atom. The first-order valence-electron chi connectivity index (χ1n) is 18.1. The van der Waals surface area contributed by atoms with Crippen LogP contribution in [0, 0.1) is 20.8 Å². The lowest BCUT2D eigenvalue weighted by Gasteiger charge is -2.24. The van der Waals surface area contributed by atoms with E-state index in [2.05, 4.69) is 16.0 Å². The maximum Gasteiger partial charge on any atom is 0.416 e. The van der Waals surface area contributed by atoms with Gasteiger partial charge in [-0.2, -0.15) is 79.0 Å². The summed E-state index contributed by atoms with van der Waals surface area (Å²) in [6.07, 6.45) is -31.7. The molecule has 360 valence electrons. The second kappa shape index (κ2) is 18.7. The van der Waals surface area contributed by atoms with E-state index in [0.29, 0.717) is 0 Å². The minimum absolute atomic E-state index is 0.0607. The zero-order valence-electron chi connectivity index (χ0n) is 33.3. The molecule has 0 spiro atoms. The molecule has 0 fully saturated rings. The van der Waals surface area contributed by atoms with Crippen LogP contribution in [0.15, 0.2) is 54.6 Å². The number of nitrogens with one attached hydrogen (secondary N) is 6. The molecule has 0 aliphatic carbocycles. The zero-order valence-corrected chi connectivity index (χ0v) is 33.3. The van der Waals surface area contributed by atoms with Crippen molar-refractivity contribution in [3.05, 3.63) is 121 Å². The highest BCUT2D eigenvalue weighted by molar-refractivity contribution is 5.91. The fourth-order valence-corrected chi connectivity index (χ4v) is 6.30. The summed E-state index contributed by atoms with van der Waals surface area (Å²) < 4.78 is 241. The molecule has 66 heavy (non-hydrogen) atoms. The maximum atomic E-state index is 13.4. The van der Waals surface area contributed by atoms with Gasteiger partial charge in [0.1, 0.15) is 0 Å². The van der Waals surface area contributed by atoms with Crippen LogP contribution in [0.1, 0.15) is 66.8 Å². The Bertz CT molecular complexity index is 2100. The van der Waals surface area contributed by atoms with Crippen LogP contribution in [-0.4, -0.2) is 18.1 Å². The molecule has 27 heteroatoms. The standard InChI is InChI=1S/C39H30F18N6O3/c1-16-28(13-58-31(64)61-25-7-19(34(40,41)42)4-20(8-25)35(43,44)45)17(2)30(15-60-33(66)63-27-11-23(38(52,53)54)6-24(12-27)39(55,56)57)18(3)29(16)14-59-32(65)62-26-9-21(36(46,47)48)5-22(10-26)37(49,50)51/h4-12H,13-15H2,1-3H3,(H2,58,61,64)(H2,59,62,65)(H2,60,63,66). The van der Waals surface area contributed by atoms with E-state index in [1.54, 1.807) is 0 Å². The molecule has 4 rings (SSSR count). The number of urea groups is 3. The fraction of sp³-hybridized carbons (Fsp3) is 0.308. The molecule has 0 aliphatic rings. The van der Waals surface area contributed by atoms with E-state index in [1.807, 2.05) is 16.0 Å². The van der Waals surface area contributed by atoms with Crippen molar-refractivity contribution < 1.29 is 93.4 Å². The first kappa shape index (κ1) is 52.1. The van der Waals surface area contributed by atoms with Gasteiger partial charge in [-0.25, -0.2) is 14.4 Å². The van der Waals surface area contributed by atoms with Crippen LogP contribution in [0.4, 0.5) is 110 Å². The summed E-state index contributed by atoms with van der Waals surface area (Å²) in [5.74, 6) is 0. The third kappa shape index (κ3) is 13.5. The van der Waals surface area contributed by atoms with Crippen molar-refractivity contribution in [2.75, 3.05) is 16.0 Å². The van der Waals surface area contributed by atoms with E-state index in [-0.39, 0.29) is 88.0 Å². The van der Waals surface area contributed by atoms with E-state index in [0.717, 1.165) is 0 Å². The Morgan fingerprint density at radius 1 is 0.333 bits per heavy atom. The molecular weight excluding hydrogens is 942 g/mol. The average Bonchev–Trinajstić information content (AvgIpc) is 3.15. The summed E-state index contributed by atoms with van der Waals surface area (Å²) in [6, 6.07) is -3.52. The molecule has 6 amide bonds. The molecular formula is C39H30F18N6O3. The minimum Gasteiger partial charge on any atom is -0.334 e. The van der Waals surface area contributed by atoms with Crippen molar-refractivity contribution in [3.8, 4) is 0 Å². The van der Waals surface area contributed by atoms with Crippen molar-refractivity contribution in [3.63, 3.8) is 0 Å². The van der Waals surface area contributed by atoms with Crippen LogP contribution in [-0.2, 0) is 56.7 Å². The van der Waals surface area contributed by atoms with E-state index < -0.39 is 125 Å². The lowest BCUT2D eigenvalue weighted by molar-refractivity contribution is -0.144. The van der Waals surface area contributed by atoms with Crippen LogP contribution < -0.4 is 31.9 Å². The summed E-state index contributed by atoms with van der Waals surface area (Å²) in [5, 5.41) is 12.1. The number of hydrogen-bond donors (Lipinski definition) is 6. The van der Waals surface area contributed by atoms with Crippen LogP contribution in [0.25, 0.3) is 0 Å². The molecule has 0 unspecified atom stereocenters. The van der Waals surface area contributed by atoms with Crippen molar-refractivity contribution in [1.82, 2.24) is 16.0 Å². The lowest BCUT2D eigenvalue weighted by atomic mass is 9.88. The first-order chi connectivity index (χ1) is 29.9. The summed E-state index contributed by atoms with van der Waals surface area (Å²) >= 11 is 0. The number of hydrogen-bond acceptors (Lipinski definition) is 3. The number of rotatable bonds is 9. The van der Waals surface area contributed by atoms with Gasteiger partial charge in [0.25, 0.3) is 0 Å². The molecule has 0 saturated heterocycles. The molecule has 6 N–H and O–H groups in total. The Hall–Kier alpha value is -6.57. The Kier molecular flexibility index (Phi) is 14.8. The normalized spacial score (nSPS) is 12.7. The highest BCUT2D eigenvalue weighted by Crippen LogP contribution is 2.40. The van der Waals surface area contributed by atoms with Crippen molar-refractivity contribution in [2.24, 2.45) is 0 Å². The number of halogens is 18. The van der Waals surface area contributed by atoms with Crippen LogP contribution in [0.5, 0.6) is 0 Å². The molecule has 4 aromatic carbocycles. The molecule has 0 bridgehead atoms. The van der Waals surface area contributed by atoms with Gasteiger partial charge in [0.05, 0.1) is 33.4 Å². The number of carbonyl (C=O) groups is 3. The van der Waals surface area contributed by atoms with E-state index >= 15 is 0 Å². The number of amides is 6. The van der Waals surface area contributed by atoms with Crippen molar-refractivity contribution in [2.45, 2.75) is 77.5 Å². The lowest BCUT2D eigenvalue weighted by Crippen LogP contribution is -2.32. The van der Waals surface area contributed by atoms with Gasteiger partial charge >= 0.3 is 55.2 Å². The highest BCUT2D eigenvalue weighted by atomic mass is 19.4. The van der Waals surface area contributed by atoms with Gasteiger partial charge in [0, 0.05) is 36.7 Å². The van der Waals surface area contributed by atoms with Crippen molar-refractivity contribution >= 4 is 35.2 Å². The van der Waals surface area contributed by atoms with Crippen LogP contribution in [0.3, 0.4) is 0 Å². The summed E-state index contributed by atoms with van der Waals surface area (Å²) in [5.41, 5.74) is -12.9. The Morgan fingerprint density at radius 3 is 0.652 bits per heavy atom. The number of anilines is 3. The smallest absolute Gasteiger partial charge is 0.334 e. The van der Waals surface area contributed by atoms with Gasteiger partial charge in [-0.3, -0.25) is 0 Å². The summed E-state index contributed by atoms with van der Waals surface area (Å²) in [4.78, 5) is 38.7. The number of alkyl halides is 18. The third-order valence-electron chi connectivity index (χ3n) is 9.53. The minimum atomic E-state index is -5.29. The number of benzene rings is 4. The molecule has 0 radical (unpaired) electrons. The zero-order chi connectivity index (χ0) is 50.1. The molecule has 9 nitrogen and oxygen atoms in total. The monoisotopic (exact) mass is 972 g/mol. The van der Waals surface area contributed by atoms with Crippen molar-refractivity contribution in [1.29, 1.82) is 0 Å². The van der Waals surface area contributed by atoms with Crippen LogP contribution >= 0.6 is 0 Å². The van der Waals surface area contributed by atoms with Gasteiger partial charge in [0.2, 0.25) is 0 Å². The molecule has 0 heterocycles. The molecule has 0 saturated carbocycles. The van der Waals surface area contributed by atoms with Gasteiger partial charge in [0.15, 0.2) is 0 Å². The Balaban J connectivity index is 1.68. The summed E-state index contributed by atoms with van der Waals surface area (Å²) in [7, 11) is 0. The maximum absolute atomic E-state index is 13.4. The van der Waals surface area contributed by atoms with Gasteiger partial charge in [-0.15, -0.1) is 0 Å². The van der Waals surface area contributed by atoms with E-state index in [9.17, 15) is 93.4 Å². The van der Waals surface area contributed by atoms with E-state index in [1.165, 1.54) is 20.8 Å². The largest absolute Gasteiger partial charge is 0.416 e. The number of carbonyl (C=O) groups excluding carboxylic acids is 3. The predicted molar refractivity (Wildman–Crippen MR) is 198 cm³/mol. The van der Waals surface area contributed by atoms with E-state index in [4.69, 9.17) is 0 Å². The highest BCUT2D eigenvalue weighted by Gasteiger charge is 2.40. The molecule has 0 aromatic heterocycles. The quantitative estimate of drug-likeness (QED) is 0.0936. The second-order valence-electron chi connectivity index (χ2n) is 14.1. The average molecular weight is 973 g/mol. The topological polar surface area (TPSA) is 123 Å². The fourth-order valence-electron chi connectivity index (χ4n) is 6.30. The third-order valence-corrected chi connectivity index (χ3v) is 9.53. The van der Waals surface area contributed by atoms with Gasteiger partial charge < -0.3 is 31.9 Å². The van der Waals surface area contributed by atoms with Crippen LogP contribution in [0.2, 0.25) is 0 Å². The molecule has 0 aliphatic heterocycles. The van der Waals surface area contributed by atoms with Gasteiger partial charge in [-0.1, -0.05) is 0 Å². The predicted octanol–water partition coefficient (Wildman–Crippen LogP) is 12.7. The van der Waals surface area contributed by atoms with Gasteiger partial charge in [-0.05, 0) is 109 Å². The molecule has 4 aromatic rings. The Labute approximate surface area is 359 Å². The summed E-state index contributed by atoms with van der Waals surface area (Å²) in [6.45, 7) is 2.14.